The molecule has 138 valence electrons. The van der Waals surface area contributed by atoms with Crippen molar-refractivity contribution in [3.8, 4) is 10.6 Å². The van der Waals surface area contributed by atoms with E-state index in [9.17, 15) is 14.7 Å². The zero-order valence-corrected chi connectivity index (χ0v) is 15.7. The van der Waals surface area contributed by atoms with Gasteiger partial charge in [-0.05, 0) is 38.8 Å². The highest BCUT2D eigenvalue weighted by Crippen LogP contribution is 2.29. The molecule has 1 N–H and O–H groups in total. The first-order valence-electron chi connectivity index (χ1n) is 8.72. The van der Waals surface area contributed by atoms with Gasteiger partial charge in [-0.3, -0.25) is 4.79 Å². The van der Waals surface area contributed by atoms with Crippen LogP contribution in [0.5, 0.6) is 0 Å². The number of hydrogen-bond acceptors (Lipinski definition) is 6. The minimum Gasteiger partial charge on any atom is -0.462 e. The number of likely N-dealkylation sites (tertiary alicyclic amines) is 1. The van der Waals surface area contributed by atoms with E-state index < -0.39 is 6.10 Å². The number of thiazole rings is 1. The van der Waals surface area contributed by atoms with Crippen LogP contribution in [0.25, 0.3) is 10.6 Å². The van der Waals surface area contributed by atoms with Crippen molar-refractivity contribution in [2.75, 3.05) is 19.7 Å². The van der Waals surface area contributed by atoms with Crippen molar-refractivity contribution in [1.82, 2.24) is 9.88 Å². The fourth-order valence-electron chi connectivity index (χ4n) is 3.01. The van der Waals surface area contributed by atoms with Crippen molar-refractivity contribution in [1.29, 1.82) is 0 Å². The number of aryl methyl sites for hydroxylation is 1. The Labute approximate surface area is 156 Å². The molecule has 26 heavy (non-hydrogen) atoms. The van der Waals surface area contributed by atoms with Gasteiger partial charge in [0.15, 0.2) is 0 Å². The van der Waals surface area contributed by atoms with E-state index in [2.05, 4.69) is 4.98 Å². The second-order valence-corrected chi connectivity index (χ2v) is 7.28. The van der Waals surface area contributed by atoms with Gasteiger partial charge in [-0.1, -0.05) is 12.1 Å². The third kappa shape index (κ3) is 3.94. The van der Waals surface area contributed by atoms with Gasteiger partial charge in [0.2, 0.25) is 0 Å². The number of amides is 1. The van der Waals surface area contributed by atoms with Gasteiger partial charge in [0.1, 0.15) is 9.88 Å². The van der Waals surface area contributed by atoms with E-state index in [0.29, 0.717) is 40.8 Å². The molecule has 1 aromatic heterocycles. The number of ether oxygens (including phenoxy) is 1. The summed E-state index contributed by atoms with van der Waals surface area (Å²) in [7, 11) is 0. The van der Waals surface area contributed by atoms with E-state index in [-0.39, 0.29) is 11.9 Å². The second kappa shape index (κ2) is 7.97. The largest absolute Gasteiger partial charge is 0.462 e. The summed E-state index contributed by atoms with van der Waals surface area (Å²) in [5.74, 6) is -0.465. The monoisotopic (exact) mass is 374 g/mol. The van der Waals surface area contributed by atoms with Crippen LogP contribution in [0.1, 0.15) is 45.5 Å². The second-order valence-electron chi connectivity index (χ2n) is 6.28. The van der Waals surface area contributed by atoms with Crippen LogP contribution in [0.15, 0.2) is 24.3 Å². The zero-order chi connectivity index (χ0) is 18.7. The van der Waals surface area contributed by atoms with Crippen LogP contribution < -0.4 is 0 Å². The lowest BCUT2D eigenvalue weighted by atomic mass is 10.1. The van der Waals surface area contributed by atoms with Gasteiger partial charge in [-0.15, -0.1) is 11.3 Å². The van der Waals surface area contributed by atoms with Crippen LogP contribution in [-0.2, 0) is 4.74 Å². The summed E-state index contributed by atoms with van der Waals surface area (Å²) in [4.78, 5) is 31.3. The molecular weight excluding hydrogens is 352 g/mol. The first-order valence-corrected chi connectivity index (χ1v) is 9.53. The molecule has 1 atom stereocenters. The number of aromatic nitrogens is 1. The molecule has 0 saturated carbocycles. The molecule has 1 saturated heterocycles. The number of benzene rings is 1. The number of piperidine rings is 1. The molecule has 1 aromatic carbocycles. The average molecular weight is 374 g/mol. The first-order chi connectivity index (χ1) is 12.5. The summed E-state index contributed by atoms with van der Waals surface area (Å²) in [6.07, 6.45) is 1.09. The highest BCUT2D eigenvalue weighted by Gasteiger charge is 2.24. The summed E-state index contributed by atoms with van der Waals surface area (Å²) in [5.41, 5.74) is 1.97. The summed E-state index contributed by atoms with van der Waals surface area (Å²) in [6, 6.07) is 7.23. The van der Waals surface area contributed by atoms with Crippen molar-refractivity contribution in [3.63, 3.8) is 0 Å². The SMILES string of the molecule is CCOC(=O)c1sc(-c2cccc(C(=O)N3CCCC(O)C3)c2)nc1C. The Morgan fingerprint density at radius 1 is 1.42 bits per heavy atom. The molecular formula is C19H22N2O4S. The molecule has 6 nitrogen and oxygen atoms in total. The predicted molar refractivity (Wildman–Crippen MR) is 99.4 cm³/mol. The maximum absolute atomic E-state index is 12.7. The van der Waals surface area contributed by atoms with Crippen LogP contribution in [0.3, 0.4) is 0 Å². The number of β-amino-alcohol motifs (C(OH)–C–C–N with tert-alkyl or cyclic N) is 1. The van der Waals surface area contributed by atoms with Gasteiger partial charge in [0.05, 0.1) is 18.4 Å². The third-order valence-electron chi connectivity index (χ3n) is 4.30. The number of esters is 1. The lowest BCUT2D eigenvalue weighted by Gasteiger charge is -2.30. The Morgan fingerprint density at radius 3 is 2.96 bits per heavy atom. The van der Waals surface area contributed by atoms with Crippen LogP contribution in [0.4, 0.5) is 0 Å². The average Bonchev–Trinajstić information content (AvgIpc) is 3.03. The fourth-order valence-corrected chi connectivity index (χ4v) is 3.97. The van der Waals surface area contributed by atoms with Crippen molar-refractivity contribution in [3.05, 3.63) is 40.4 Å². The molecule has 1 aliphatic rings. The summed E-state index contributed by atoms with van der Waals surface area (Å²) in [5, 5.41) is 10.5. The number of nitrogens with zero attached hydrogens (tertiary/aromatic N) is 2. The van der Waals surface area contributed by atoms with E-state index in [1.165, 1.54) is 11.3 Å². The Kier molecular flexibility index (Phi) is 5.68. The van der Waals surface area contributed by atoms with Gasteiger partial charge in [-0.2, -0.15) is 0 Å². The smallest absolute Gasteiger partial charge is 0.350 e. The molecule has 1 fully saturated rings. The number of carbonyl (C=O) groups excluding carboxylic acids is 2. The standard InChI is InChI=1S/C19H22N2O4S/c1-3-25-19(24)16-12(2)20-17(26-16)13-6-4-7-14(10-13)18(23)21-9-5-8-15(22)11-21/h4,6-7,10,15,22H,3,5,8-9,11H2,1-2H3. The van der Waals surface area contributed by atoms with Gasteiger partial charge in [-0.25, -0.2) is 9.78 Å². The van der Waals surface area contributed by atoms with Gasteiger partial charge >= 0.3 is 5.97 Å². The zero-order valence-electron chi connectivity index (χ0n) is 14.9. The maximum Gasteiger partial charge on any atom is 0.350 e. The van der Waals surface area contributed by atoms with Crippen molar-refractivity contribution in [2.24, 2.45) is 0 Å². The molecule has 3 rings (SSSR count). The van der Waals surface area contributed by atoms with Crippen molar-refractivity contribution < 1.29 is 19.4 Å². The number of aliphatic hydroxyl groups is 1. The summed E-state index contributed by atoms with van der Waals surface area (Å²) < 4.78 is 5.06. The molecule has 1 unspecified atom stereocenters. The van der Waals surface area contributed by atoms with E-state index in [1.807, 2.05) is 12.1 Å². The molecule has 2 heterocycles. The van der Waals surface area contributed by atoms with E-state index in [4.69, 9.17) is 4.74 Å². The topological polar surface area (TPSA) is 79.7 Å². The van der Waals surface area contributed by atoms with Gasteiger partial charge < -0.3 is 14.7 Å². The Balaban J connectivity index is 1.84. The minimum atomic E-state index is -0.454. The van der Waals surface area contributed by atoms with E-state index in [0.717, 1.165) is 18.4 Å². The normalized spacial score (nSPS) is 17.2. The highest BCUT2D eigenvalue weighted by atomic mass is 32.1. The molecule has 1 amide bonds. The van der Waals surface area contributed by atoms with Gasteiger partial charge in [0.25, 0.3) is 5.91 Å². The Morgan fingerprint density at radius 2 is 2.23 bits per heavy atom. The van der Waals surface area contributed by atoms with Crippen molar-refractivity contribution in [2.45, 2.75) is 32.8 Å². The highest BCUT2D eigenvalue weighted by molar-refractivity contribution is 7.17. The first kappa shape index (κ1) is 18.5. The van der Waals surface area contributed by atoms with E-state index >= 15 is 0 Å². The Bertz CT molecular complexity index is 818. The van der Waals surface area contributed by atoms with E-state index in [1.54, 1.807) is 30.9 Å². The quantitative estimate of drug-likeness (QED) is 0.833. The van der Waals surface area contributed by atoms with Crippen LogP contribution in [0.2, 0.25) is 0 Å². The molecule has 0 bridgehead atoms. The number of carbonyl (C=O) groups is 2. The third-order valence-corrected chi connectivity index (χ3v) is 5.48. The molecule has 0 aliphatic carbocycles. The lowest BCUT2D eigenvalue weighted by molar-refractivity contribution is 0.0473. The van der Waals surface area contributed by atoms with Crippen LogP contribution in [0, 0.1) is 6.92 Å². The lowest BCUT2D eigenvalue weighted by Crippen LogP contribution is -2.42. The molecule has 7 heteroatoms. The van der Waals surface area contributed by atoms with Gasteiger partial charge in [0, 0.05) is 24.2 Å². The summed E-state index contributed by atoms with van der Waals surface area (Å²) >= 11 is 1.27. The molecule has 0 radical (unpaired) electrons. The van der Waals surface area contributed by atoms with Crippen molar-refractivity contribution >= 4 is 23.2 Å². The maximum atomic E-state index is 12.7. The number of rotatable bonds is 4. The number of hydrogen-bond donors (Lipinski definition) is 1. The predicted octanol–water partition coefficient (Wildman–Crippen LogP) is 2.89. The molecule has 2 aromatic rings. The molecule has 1 aliphatic heterocycles. The molecule has 0 spiro atoms. The summed E-state index contributed by atoms with van der Waals surface area (Å²) in [6.45, 7) is 4.88. The van der Waals surface area contributed by atoms with Crippen LogP contribution >= 0.6 is 11.3 Å². The minimum absolute atomic E-state index is 0.0931. The van der Waals surface area contributed by atoms with Crippen LogP contribution in [-0.4, -0.2) is 52.7 Å². The number of aliphatic hydroxyl groups excluding tert-OH is 1. The Hall–Kier alpha value is -2.25. The fraction of sp³-hybridized carbons (Fsp3) is 0.421.